The van der Waals surface area contributed by atoms with E-state index in [1.807, 2.05) is 0 Å². The van der Waals surface area contributed by atoms with E-state index in [1.165, 1.54) is 25.7 Å². The highest BCUT2D eigenvalue weighted by Crippen LogP contribution is 2.34. The molecule has 14 heavy (non-hydrogen) atoms. The van der Waals surface area contributed by atoms with Crippen LogP contribution in [-0.4, -0.2) is 17.5 Å². The normalized spacial score (nSPS) is 28.0. The second-order valence-corrected chi connectivity index (χ2v) is 4.93. The average molecular weight is 198 g/mol. The standard InChI is InChI=1S/C12H22O2/c1-9(2)11-5-3-10(4-6-11)7-12(14)8-13/h9-11,13H,3-8H2,1-2H3. The van der Waals surface area contributed by atoms with Crippen LogP contribution in [0.25, 0.3) is 0 Å². The largest absolute Gasteiger partial charge is 0.389 e. The van der Waals surface area contributed by atoms with Gasteiger partial charge >= 0.3 is 0 Å². The highest BCUT2D eigenvalue weighted by atomic mass is 16.3. The predicted octanol–water partition coefficient (Wildman–Crippen LogP) is 2.40. The molecule has 0 heterocycles. The minimum atomic E-state index is -0.274. The Labute approximate surface area is 86.7 Å². The molecular formula is C12H22O2. The molecule has 1 fully saturated rings. The number of ketones is 1. The molecule has 0 aromatic carbocycles. The molecular weight excluding hydrogens is 176 g/mol. The molecule has 0 aromatic rings. The van der Waals surface area contributed by atoms with E-state index in [0.717, 1.165) is 11.8 Å². The minimum absolute atomic E-state index is 0.0120. The van der Waals surface area contributed by atoms with Crippen molar-refractivity contribution in [2.24, 2.45) is 17.8 Å². The molecule has 1 saturated carbocycles. The summed E-state index contributed by atoms with van der Waals surface area (Å²) < 4.78 is 0. The third-order valence-electron chi connectivity index (χ3n) is 3.53. The van der Waals surface area contributed by atoms with E-state index in [4.69, 9.17) is 5.11 Å². The van der Waals surface area contributed by atoms with Crippen LogP contribution in [0.5, 0.6) is 0 Å². The number of hydrogen-bond donors (Lipinski definition) is 1. The Hall–Kier alpha value is -0.370. The zero-order valence-electron chi connectivity index (χ0n) is 9.33. The number of carbonyl (C=O) groups excluding carboxylic acids is 1. The van der Waals surface area contributed by atoms with Gasteiger partial charge in [-0.15, -0.1) is 0 Å². The quantitative estimate of drug-likeness (QED) is 0.753. The van der Waals surface area contributed by atoms with Crippen LogP contribution in [0.1, 0.15) is 46.0 Å². The Balaban J connectivity index is 2.25. The summed E-state index contributed by atoms with van der Waals surface area (Å²) in [5.74, 6) is 2.20. The fraction of sp³-hybridized carbons (Fsp3) is 0.917. The van der Waals surface area contributed by atoms with Gasteiger partial charge < -0.3 is 5.11 Å². The van der Waals surface area contributed by atoms with Crippen LogP contribution in [0.4, 0.5) is 0 Å². The number of aliphatic hydroxyl groups excluding tert-OH is 1. The smallest absolute Gasteiger partial charge is 0.158 e. The van der Waals surface area contributed by atoms with Gasteiger partial charge in [0.05, 0.1) is 0 Å². The first-order chi connectivity index (χ1) is 6.63. The van der Waals surface area contributed by atoms with E-state index in [2.05, 4.69) is 13.8 Å². The zero-order chi connectivity index (χ0) is 10.6. The number of hydrogen-bond acceptors (Lipinski definition) is 2. The molecule has 0 aliphatic heterocycles. The van der Waals surface area contributed by atoms with Crippen molar-refractivity contribution in [2.45, 2.75) is 46.0 Å². The zero-order valence-corrected chi connectivity index (χ0v) is 9.33. The van der Waals surface area contributed by atoms with Gasteiger partial charge in [0, 0.05) is 6.42 Å². The molecule has 82 valence electrons. The van der Waals surface area contributed by atoms with Gasteiger partial charge in [-0.05, 0) is 43.4 Å². The predicted molar refractivity (Wildman–Crippen MR) is 57.0 cm³/mol. The lowest BCUT2D eigenvalue weighted by Crippen LogP contribution is -2.21. The summed E-state index contributed by atoms with van der Waals surface area (Å²) in [6, 6.07) is 0. The van der Waals surface area contributed by atoms with Crippen LogP contribution in [0.3, 0.4) is 0 Å². The van der Waals surface area contributed by atoms with Gasteiger partial charge in [-0.1, -0.05) is 13.8 Å². The second kappa shape index (κ2) is 5.50. The van der Waals surface area contributed by atoms with E-state index < -0.39 is 0 Å². The van der Waals surface area contributed by atoms with Crippen molar-refractivity contribution < 1.29 is 9.90 Å². The van der Waals surface area contributed by atoms with Crippen LogP contribution < -0.4 is 0 Å². The summed E-state index contributed by atoms with van der Waals surface area (Å²) in [5, 5.41) is 8.66. The summed E-state index contributed by atoms with van der Waals surface area (Å²) in [5.41, 5.74) is 0. The lowest BCUT2D eigenvalue weighted by atomic mass is 9.75. The maximum atomic E-state index is 11.0. The van der Waals surface area contributed by atoms with Crippen molar-refractivity contribution in [1.82, 2.24) is 0 Å². The van der Waals surface area contributed by atoms with Gasteiger partial charge in [0.1, 0.15) is 6.61 Å². The van der Waals surface area contributed by atoms with E-state index in [9.17, 15) is 4.79 Å². The Morgan fingerprint density at radius 2 is 1.86 bits per heavy atom. The van der Waals surface area contributed by atoms with E-state index >= 15 is 0 Å². The molecule has 2 nitrogen and oxygen atoms in total. The van der Waals surface area contributed by atoms with Gasteiger partial charge in [0.25, 0.3) is 0 Å². The fourth-order valence-electron chi connectivity index (χ4n) is 2.45. The first-order valence-corrected chi connectivity index (χ1v) is 5.76. The lowest BCUT2D eigenvalue weighted by molar-refractivity contribution is -0.123. The Bertz CT molecular complexity index is 179. The highest BCUT2D eigenvalue weighted by Gasteiger charge is 2.24. The third-order valence-corrected chi connectivity index (χ3v) is 3.53. The maximum absolute atomic E-state index is 11.0. The van der Waals surface area contributed by atoms with E-state index in [1.54, 1.807) is 0 Å². The van der Waals surface area contributed by atoms with Crippen molar-refractivity contribution in [3.8, 4) is 0 Å². The molecule has 0 saturated heterocycles. The van der Waals surface area contributed by atoms with Crippen LogP contribution in [0.15, 0.2) is 0 Å². The monoisotopic (exact) mass is 198 g/mol. The number of Topliss-reactive ketones (excluding diaryl/α,β-unsaturated/α-hetero) is 1. The number of rotatable bonds is 4. The molecule has 1 aliphatic rings. The molecule has 0 bridgehead atoms. The van der Waals surface area contributed by atoms with Crippen molar-refractivity contribution in [3.05, 3.63) is 0 Å². The van der Waals surface area contributed by atoms with Crippen molar-refractivity contribution in [1.29, 1.82) is 0 Å². The number of carbonyl (C=O) groups is 1. The topological polar surface area (TPSA) is 37.3 Å². The molecule has 2 heteroatoms. The number of aliphatic hydroxyl groups is 1. The third kappa shape index (κ3) is 3.41. The Kier molecular flexibility index (Phi) is 4.59. The summed E-state index contributed by atoms with van der Waals surface area (Å²) in [4.78, 5) is 11.0. The van der Waals surface area contributed by atoms with Crippen molar-refractivity contribution in [2.75, 3.05) is 6.61 Å². The molecule has 0 amide bonds. The van der Waals surface area contributed by atoms with Crippen molar-refractivity contribution in [3.63, 3.8) is 0 Å². The van der Waals surface area contributed by atoms with Gasteiger partial charge in [-0.2, -0.15) is 0 Å². The summed E-state index contributed by atoms with van der Waals surface area (Å²) >= 11 is 0. The Morgan fingerprint density at radius 1 is 1.29 bits per heavy atom. The van der Waals surface area contributed by atoms with Gasteiger partial charge in [-0.3, -0.25) is 4.79 Å². The van der Waals surface area contributed by atoms with Crippen LogP contribution in [0.2, 0.25) is 0 Å². The SMILES string of the molecule is CC(C)C1CCC(CC(=O)CO)CC1. The first-order valence-electron chi connectivity index (χ1n) is 5.76. The Morgan fingerprint density at radius 3 is 2.29 bits per heavy atom. The van der Waals surface area contributed by atoms with E-state index in [-0.39, 0.29) is 12.4 Å². The molecule has 1 N–H and O–H groups in total. The minimum Gasteiger partial charge on any atom is -0.389 e. The average Bonchev–Trinajstić information content (AvgIpc) is 2.18. The summed E-state index contributed by atoms with van der Waals surface area (Å²) in [6.07, 6.45) is 5.48. The molecule has 1 aliphatic carbocycles. The van der Waals surface area contributed by atoms with Crippen LogP contribution >= 0.6 is 0 Å². The molecule has 0 spiro atoms. The molecule has 0 aromatic heterocycles. The van der Waals surface area contributed by atoms with Crippen LogP contribution in [0, 0.1) is 17.8 Å². The molecule has 0 unspecified atom stereocenters. The maximum Gasteiger partial charge on any atom is 0.158 e. The molecule has 1 rings (SSSR count). The molecule has 0 atom stereocenters. The van der Waals surface area contributed by atoms with Gasteiger partial charge in [0.15, 0.2) is 5.78 Å². The summed E-state index contributed by atoms with van der Waals surface area (Å²) in [6.45, 7) is 4.29. The fourth-order valence-corrected chi connectivity index (χ4v) is 2.45. The lowest BCUT2D eigenvalue weighted by Gasteiger charge is -2.30. The first kappa shape index (κ1) is 11.7. The van der Waals surface area contributed by atoms with Gasteiger partial charge in [-0.25, -0.2) is 0 Å². The van der Waals surface area contributed by atoms with E-state index in [0.29, 0.717) is 12.3 Å². The van der Waals surface area contributed by atoms with Crippen LogP contribution in [-0.2, 0) is 4.79 Å². The van der Waals surface area contributed by atoms with Gasteiger partial charge in [0.2, 0.25) is 0 Å². The highest BCUT2D eigenvalue weighted by molar-refractivity contribution is 5.79. The molecule has 0 radical (unpaired) electrons. The van der Waals surface area contributed by atoms with Crippen molar-refractivity contribution >= 4 is 5.78 Å². The summed E-state index contributed by atoms with van der Waals surface area (Å²) in [7, 11) is 0. The second-order valence-electron chi connectivity index (χ2n) is 4.93.